The Morgan fingerprint density at radius 2 is 2.00 bits per heavy atom. The SMILES string of the molecule is O=C(NC1CCN(C(=O)c2ccccc2F)CC1)C1CSCN1. The van der Waals surface area contributed by atoms with Crippen LogP contribution in [0.15, 0.2) is 24.3 Å². The molecule has 1 unspecified atom stereocenters. The van der Waals surface area contributed by atoms with E-state index in [2.05, 4.69) is 10.6 Å². The highest BCUT2D eigenvalue weighted by Crippen LogP contribution is 2.17. The topological polar surface area (TPSA) is 61.4 Å². The highest BCUT2D eigenvalue weighted by Gasteiger charge is 2.28. The fourth-order valence-electron chi connectivity index (χ4n) is 2.90. The molecule has 2 saturated heterocycles. The Kier molecular flexibility index (Phi) is 5.17. The van der Waals surface area contributed by atoms with Gasteiger partial charge < -0.3 is 10.2 Å². The molecule has 5 nitrogen and oxygen atoms in total. The highest BCUT2D eigenvalue weighted by molar-refractivity contribution is 7.99. The molecule has 2 heterocycles. The number of piperidine rings is 1. The summed E-state index contributed by atoms with van der Waals surface area (Å²) in [5, 5.41) is 6.19. The van der Waals surface area contributed by atoms with Gasteiger partial charge in [0.05, 0.1) is 11.6 Å². The lowest BCUT2D eigenvalue weighted by Gasteiger charge is -2.33. The molecule has 0 radical (unpaired) electrons. The van der Waals surface area contributed by atoms with Gasteiger partial charge in [-0.1, -0.05) is 12.1 Å². The van der Waals surface area contributed by atoms with Gasteiger partial charge in [0, 0.05) is 30.8 Å². The van der Waals surface area contributed by atoms with E-state index in [1.165, 1.54) is 12.1 Å². The third-order valence-corrected chi connectivity index (χ3v) is 5.21. The fraction of sp³-hybridized carbons (Fsp3) is 0.500. The molecule has 2 amide bonds. The van der Waals surface area contributed by atoms with E-state index in [9.17, 15) is 14.0 Å². The Balaban J connectivity index is 1.51. The van der Waals surface area contributed by atoms with E-state index in [0.717, 1.165) is 11.6 Å². The van der Waals surface area contributed by atoms with Crippen LogP contribution in [0.4, 0.5) is 4.39 Å². The van der Waals surface area contributed by atoms with Crippen LogP contribution in [-0.2, 0) is 4.79 Å². The van der Waals surface area contributed by atoms with Gasteiger partial charge in [-0.05, 0) is 25.0 Å². The molecule has 2 aliphatic heterocycles. The summed E-state index contributed by atoms with van der Waals surface area (Å²) in [5.74, 6) is 0.887. The van der Waals surface area contributed by atoms with E-state index in [-0.39, 0.29) is 29.5 Å². The molecule has 0 saturated carbocycles. The largest absolute Gasteiger partial charge is 0.352 e. The highest BCUT2D eigenvalue weighted by atomic mass is 32.2. The summed E-state index contributed by atoms with van der Waals surface area (Å²) in [6.45, 7) is 1.07. The van der Waals surface area contributed by atoms with Gasteiger partial charge >= 0.3 is 0 Å². The summed E-state index contributed by atoms with van der Waals surface area (Å²) in [7, 11) is 0. The molecule has 1 atom stereocenters. The third kappa shape index (κ3) is 3.84. The number of likely N-dealkylation sites (tertiary alicyclic amines) is 1. The van der Waals surface area contributed by atoms with Crippen molar-refractivity contribution in [3.8, 4) is 0 Å². The quantitative estimate of drug-likeness (QED) is 0.870. The molecule has 0 bridgehead atoms. The summed E-state index contributed by atoms with van der Waals surface area (Å²) in [6, 6.07) is 6.01. The molecule has 1 aromatic carbocycles. The molecule has 23 heavy (non-hydrogen) atoms. The third-order valence-electron chi connectivity index (χ3n) is 4.27. The molecular weight excluding hydrogens is 317 g/mol. The van der Waals surface area contributed by atoms with Crippen LogP contribution in [0.2, 0.25) is 0 Å². The predicted octanol–water partition coefficient (Wildman–Crippen LogP) is 1.21. The second-order valence-electron chi connectivity index (χ2n) is 5.83. The zero-order chi connectivity index (χ0) is 16.2. The number of thioether (sulfide) groups is 1. The van der Waals surface area contributed by atoms with Crippen LogP contribution in [-0.4, -0.2) is 53.5 Å². The average Bonchev–Trinajstić information content (AvgIpc) is 3.10. The minimum atomic E-state index is -0.488. The van der Waals surface area contributed by atoms with Crippen molar-refractivity contribution in [1.29, 1.82) is 0 Å². The molecule has 2 aliphatic rings. The summed E-state index contributed by atoms with van der Waals surface area (Å²) in [6.07, 6.45) is 1.40. The number of rotatable bonds is 3. The predicted molar refractivity (Wildman–Crippen MR) is 87.7 cm³/mol. The van der Waals surface area contributed by atoms with Gasteiger partial charge in [-0.15, -0.1) is 11.8 Å². The molecule has 0 spiro atoms. The van der Waals surface area contributed by atoms with Crippen LogP contribution >= 0.6 is 11.8 Å². The Morgan fingerprint density at radius 1 is 1.26 bits per heavy atom. The molecule has 2 N–H and O–H groups in total. The van der Waals surface area contributed by atoms with Crippen molar-refractivity contribution in [3.05, 3.63) is 35.6 Å². The monoisotopic (exact) mass is 337 g/mol. The lowest BCUT2D eigenvalue weighted by Crippen LogP contribution is -2.51. The van der Waals surface area contributed by atoms with Crippen LogP contribution in [0, 0.1) is 5.82 Å². The number of nitrogens with zero attached hydrogens (tertiary/aromatic N) is 1. The first-order chi connectivity index (χ1) is 11.1. The maximum absolute atomic E-state index is 13.7. The minimum Gasteiger partial charge on any atom is -0.352 e. The van der Waals surface area contributed by atoms with E-state index in [4.69, 9.17) is 0 Å². The second kappa shape index (κ2) is 7.31. The molecule has 124 valence electrons. The van der Waals surface area contributed by atoms with Crippen molar-refractivity contribution in [2.45, 2.75) is 24.9 Å². The number of hydrogen-bond donors (Lipinski definition) is 2. The lowest BCUT2D eigenvalue weighted by atomic mass is 10.0. The van der Waals surface area contributed by atoms with Crippen molar-refractivity contribution < 1.29 is 14.0 Å². The Bertz CT molecular complexity index is 584. The van der Waals surface area contributed by atoms with Gasteiger partial charge in [0.1, 0.15) is 5.82 Å². The van der Waals surface area contributed by atoms with Gasteiger partial charge in [0.2, 0.25) is 5.91 Å². The standard InChI is InChI=1S/C16H20FN3O2S/c17-13-4-2-1-3-12(13)16(22)20-7-5-11(6-8-20)19-15(21)14-9-23-10-18-14/h1-4,11,14,18H,5-10H2,(H,19,21). The van der Waals surface area contributed by atoms with Crippen molar-refractivity contribution in [2.75, 3.05) is 24.7 Å². The Labute approximate surface area is 139 Å². The van der Waals surface area contributed by atoms with Crippen molar-refractivity contribution in [2.24, 2.45) is 0 Å². The zero-order valence-electron chi connectivity index (χ0n) is 12.8. The van der Waals surface area contributed by atoms with E-state index in [1.54, 1.807) is 28.8 Å². The number of carbonyl (C=O) groups excluding carboxylic acids is 2. The molecule has 7 heteroatoms. The van der Waals surface area contributed by atoms with Crippen molar-refractivity contribution >= 4 is 23.6 Å². The van der Waals surface area contributed by atoms with Gasteiger partial charge in [0.25, 0.3) is 5.91 Å². The maximum atomic E-state index is 13.7. The number of amides is 2. The van der Waals surface area contributed by atoms with E-state index >= 15 is 0 Å². The number of benzene rings is 1. The fourth-order valence-corrected chi connectivity index (χ4v) is 3.84. The molecular formula is C16H20FN3O2S. The first-order valence-corrected chi connectivity index (χ1v) is 8.96. The van der Waals surface area contributed by atoms with E-state index in [1.807, 2.05) is 0 Å². The van der Waals surface area contributed by atoms with Crippen LogP contribution in [0.1, 0.15) is 23.2 Å². The Hall–Kier alpha value is -1.60. The first kappa shape index (κ1) is 16.3. The zero-order valence-corrected chi connectivity index (χ0v) is 13.6. The van der Waals surface area contributed by atoms with Crippen molar-refractivity contribution in [1.82, 2.24) is 15.5 Å². The summed E-state index contributed by atoms with van der Waals surface area (Å²) < 4.78 is 13.7. The van der Waals surface area contributed by atoms with Gasteiger partial charge in [-0.3, -0.25) is 14.9 Å². The number of nitrogens with one attached hydrogen (secondary N) is 2. The number of hydrogen-bond acceptors (Lipinski definition) is 4. The average molecular weight is 337 g/mol. The maximum Gasteiger partial charge on any atom is 0.256 e. The van der Waals surface area contributed by atoms with E-state index < -0.39 is 5.82 Å². The first-order valence-electron chi connectivity index (χ1n) is 7.80. The van der Waals surface area contributed by atoms with Gasteiger partial charge in [0.15, 0.2) is 0 Å². The Morgan fingerprint density at radius 3 is 2.65 bits per heavy atom. The molecule has 0 aromatic heterocycles. The smallest absolute Gasteiger partial charge is 0.256 e. The molecule has 2 fully saturated rings. The van der Waals surface area contributed by atoms with Crippen LogP contribution in [0.3, 0.4) is 0 Å². The second-order valence-corrected chi connectivity index (χ2v) is 6.86. The lowest BCUT2D eigenvalue weighted by molar-refractivity contribution is -0.123. The van der Waals surface area contributed by atoms with Gasteiger partial charge in [-0.25, -0.2) is 4.39 Å². The summed E-state index contributed by atoms with van der Waals surface area (Å²) in [4.78, 5) is 26.1. The van der Waals surface area contributed by atoms with Crippen LogP contribution < -0.4 is 10.6 Å². The number of carbonyl (C=O) groups is 2. The summed E-state index contributed by atoms with van der Waals surface area (Å²) in [5.41, 5.74) is 0.113. The number of halogens is 1. The summed E-state index contributed by atoms with van der Waals surface area (Å²) >= 11 is 1.72. The molecule has 0 aliphatic carbocycles. The normalized spacial score (nSPS) is 22.1. The van der Waals surface area contributed by atoms with Crippen LogP contribution in [0.25, 0.3) is 0 Å². The van der Waals surface area contributed by atoms with Crippen LogP contribution in [0.5, 0.6) is 0 Å². The molecule has 1 aromatic rings. The minimum absolute atomic E-state index is 0.0360. The van der Waals surface area contributed by atoms with Crippen molar-refractivity contribution in [3.63, 3.8) is 0 Å². The van der Waals surface area contributed by atoms with E-state index in [0.29, 0.717) is 25.9 Å². The molecule has 3 rings (SSSR count). The van der Waals surface area contributed by atoms with Gasteiger partial charge in [-0.2, -0.15) is 0 Å².